The van der Waals surface area contributed by atoms with Gasteiger partial charge in [-0.2, -0.15) is 5.10 Å². The lowest BCUT2D eigenvalue weighted by Crippen LogP contribution is -2.08. The van der Waals surface area contributed by atoms with E-state index < -0.39 is 0 Å². The Kier molecular flexibility index (Phi) is 4.03. The number of hydrogen-bond donors (Lipinski definition) is 2. The van der Waals surface area contributed by atoms with E-state index >= 15 is 0 Å². The predicted molar refractivity (Wildman–Crippen MR) is 95.0 cm³/mol. The van der Waals surface area contributed by atoms with Gasteiger partial charge in [0.05, 0.1) is 30.3 Å². The first kappa shape index (κ1) is 15.5. The Balaban J connectivity index is 1.81. The molecule has 126 valence electrons. The topological polar surface area (TPSA) is 79.6 Å². The van der Waals surface area contributed by atoms with Gasteiger partial charge in [-0.25, -0.2) is 4.98 Å². The maximum absolute atomic E-state index is 9.35. The van der Waals surface area contributed by atoms with E-state index in [0.29, 0.717) is 12.1 Å². The van der Waals surface area contributed by atoms with Gasteiger partial charge in [-0.05, 0) is 23.8 Å². The van der Waals surface area contributed by atoms with Crippen molar-refractivity contribution >= 4 is 10.9 Å². The molecule has 4 aromatic rings. The molecule has 1 atom stereocenters. The second kappa shape index (κ2) is 6.49. The zero-order valence-electron chi connectivity index (χ0n) is 13.9. The highest BCUT2D eigenvalue weighted by Crippen LogP contribution is 2.32. The number of H-pyrrole nitrogens is 1. The minimum Gasteiger partial charge on any atom is -0.390 e. The van der Waals surface area contributed by atoms with Crippen LogP contribution in [-0.4, -0.2) is 29.8 Å². The van der Waals surface area contributed by atoms with Crippen molar-refractivity contribution in [1.82, 2.24) is 24.7 Å². The quantitative estimate of drug-likeness (QED) is 0.588. The maximum Gasteiger partial charge on any atom is 0.0921 e. The molecule has 6 nitrogen and oxygen atoms in total. The van der Waals surface area contributed by atoms with Crippen LogP contribution in [0.15, 0.2) is 55.1 Å². The molecule has 4 rings (SSSR count). The summed E-state index contributed by atoms with van der Waals surface area (Å²) in [6.07, 6.45) is 6.18. The number of aliphatic hydroxyl groups is 1. The van der Waals surface area contributed by atoms with E-state index in [4.69, 9.17) is 0 Å². The van der Waals surface area contributed by atoms with Crippen LogP contribution in [0.4, 0.5) is 0 Å². The van der Waals surface area contributed by atoms with Gasteiger partial charge >= 0.3 is 0 Å². The lowest BCUT2D eigenvalue weighted by molar-refractivity contribution is 0.276. The highest BCUT2D eigenvalue weighted by molar-refractivity contribution is 5.83. The molecule has 0 saturated heterocycles. The van der Waals surface area contributed by atoms with Crippen LogP contribution >= 0.6 is 0 Å². The summed E-state index contributed by atoms with van der Waals surface area (Å²) < 4.78 is 1.88. The van der Waals surface area contributed by atoms with Crippen LogP contribution in [-0.2, 0) is 20.1 Å². The molecule has 0 spiro atoms. The van der Waals surface area contributed by atoms with Gasteiger partial charge in [0.15, 0.2) is 0 Å². The molecule has 0 saturated carbocycles. The molecule has 6 heteroatoms. The van der Waals surface area contributed by atoms with Crippen molar-refractivity contribution in [3.05, 3.63) is 77.8 Å². The number of aromatic amines is 1. The Morgan fingerprint density at radius 1 is 1.12 bits per heavy atom. The Labute approximate surface area is 145 Å². The van der Waals surface area contributed by atoms with E-state index in [1.165, 1.54) is 5.56 Å². The number of fused-ring (bicyclic) bond motifs is 1. The summed E-state index contributed by atoms with van der Waals surface area (Å²) >= 11 is 0. The average Bonchev–Trinajstić information content (AvgIpc) is 3.30. The van der Waals surface area contributed by atoms with Crippen LogP contribution in [0.2, 0.25) is 0 Å². The van der Waals surface area contributed by atoms with Gasteiger partial charge in [-0.3, -0.25) is 9.67 Å². The molecule has 0 amide bonds. The van der Waals surface area contributed by atoms with Crippen LogP contribution in [0.3, 0.4) is 0 Å². The molecule has 0 radical (unpaired) electrons. The highest BCUT2D eigenvalue weighted by atomic mass is 16.3. The molecular formula is C19H19N5O. The molecule has 1 unspecified atom stereocenters. The number of aryl methyl sites for hydroxylation is 1. The highest BCUT2D eigenvalue weighted by Gasteiger charge is 2.20. The molecule has 0 aliphatic heterocycles. The van der Waals surface area contributed by atoms with E-state index in [0.717, 1.165) is 22.3 Å². The third-order valence-corrected chi connectivity index (χ3v) is 4.54. The molecule has 2 N–H and O–H groups in total. The van der Waals surface area contributed by atoms with Crippen molar-refractivity contribution < 1.29 is 5.11 Å². The number of benzene rings is 1. The lowest BCUT2D eigenvalue weighted by atomic mass is 9.89. The Morgan fingerprint density at radius 3 is 2.76 bits per heavy atom. The number of nitrogens with zero attached hydrogens (tertiary/aromatic N) is 4. The van der Waals surface area contributed by atoms with Crippen molar-refractivity contribution in [3.8, 4) is 0 Å². The fourth-order valence-corrected chi connectivity index (χ4v) is 3.29. The number of aromatic nitrogens is 5. The van der Waals surface area contributed by atoms with E-state index in [-0.39, 0.29) is 12.5 Å². The van der Waals surface area contributed by atoms with Gasteiger partial charge in [-0.1, -0.05) is 18.2 Å². The van der Waals surface area contributed by atoms with Crippen LogP contribution < -0.4 is 0 Å². The standard InChI is InChI=1S/C19H19N5O/c1-24-19-7-3-6-15(17(19)9-22-24)16(18-10-20-12-21-18)8-13-4-2-5-14(11-25)23-13/h2-7,9-10,12,16,25H,8,11H2,1H3,(H,20,21). The summed E-state index contributed by atoms with van der Waals surface area (Å²) in [7, 11) is 1.95. The smallest absolute Gasteiger partial charge is 0.0921 e. The summed E-state index contributed by atoms with van der Waals surface area (Å²) in [5, 5.41) is 14.9. The first-order chi connectivity index (χ1) is 12.3. The Morgan fingerprint density at radius 2 is 1.96 bits per heavy atom. The van der Waals surface area contributed by atoms with Crippen LogP contribution in [0.1, 0.15) is 28.6 Å². The average molecular weight is 333 g/mol. The molecule has 0 aliphatic rings. The molecule has 3 heterocycles. The fraction of sp³-hybridized carbons (Fsp3) is 0.211. The van der Waals surface area contributed by atoms with E-state index in [1.807, 2.05) is 42.3 Å². The second-order valence-electron chi connectivity index (χ2n) is 6.09. The molecular weight excluding hydrogens is 314 g/mol. The van der Waals surface area contributed by atoms with Gasteiger partial charge < -0.3 is 10.1 Å². The van der Waals surface area contributed by atoms with Gasteiger partial charge in [-0.15, -0.1) is 0 Å². The monoisotopic (exact) mass is 333 g/mol. The molecule has 0 bridgehead atoms. The van der Waals surface area contributed by atoms with E-state index in [2.05, 4.69) is 38.2 Å². The van der Waals surface area contributed by atoms with E-state index in [9.17, 15) is 5.11 Å². The van der Waals surface area contributed by atoms with Crippen molar-refractivity contribution in [2.45, 2.75) is 18.9 Å². The number of hydrogen-bond acceptors (Lipinski definition) is 4. The predicted octanol–water partition coefficient (Wildman–Crippen LogP) is 2.56. The number of aliphatic hydroxyl groups excluding tert-OH is 1. The Hall–Kier alpha value is -2.99. The SMILES string of the molecule is Cn1ncc2c(C(Cc3cccc(CO)n3)c3cnc[nH]3)cccc21. The minimum atomic E-state index is -0.0548. The van der Waals surface area contributed by atoms with Crippen molar-refractivity contribution in [1.29, 1.82) is 0 Å². The summed E-state index contributed by atoms with van der Waals surface area (Å²) in [5.74, 6) is 0.0804. The van der Waals surface area contributed by atoms with Gasteiger partial charge in [0, 0.05) is 42.4 Å². The maximum atomic E-state index is 9.35. The van der Waals surface area contributed by atoms with E-state index in [1.54, 1.807) is 6.33 Å². The minimum absolute atomic E-state index is 0.0548. The van der Waals surface area contributed by atoms with Crippen molar-refractivity contribution in [3.63, 3.8) is 0 Å². The summed E-state index contributed by atoms with van der Waals surface area (Å²) in [6.45, 7) is -0.0548. The van der Waals surface area contributed by atoms with Crippen LogP contribution in [0.5, 0.6) is 0 Å². The zero-order chi connectivity index (χ0) is 17.2. The lowest BCUT2D eigenvalue weighted by Gasteiger charge is -2.17. The van der Waals surface area contributed by atoms with Crippen molar-refractivity contribution in [2.24, 2.45) is 7.05 Å². The normalized spacial score (nSPS) is 12.6. The van der Waals surface area contributed by atoms with Gasteiger partial charge in [0.1, 0.15) is 0 Å². The number of pyridine rings is 1. The number of rotatable bonds is 5. The molecule has 1 aromatic carbocycles. The number of imidazole rings is 1. The first-order valence-corrected chi connectivity index (χ1v) is 8.21. The summed E-state index contributed by atoms with van der Waals surface area (Å²) in [4.78, 5) is 12.0. The first-order valence-electron chi connectivity index (χ1n) is 8.21. The van der Waals surface area contributed by atoms with Crippen molar-refractivity contribution in [2.75, 3.05) is 0 Å². The molecule has 25 heavy (non-hydrogen) atoms. The van der Waals surface area contributed by atoms with Crippen LogP contribution in [0.25, 0.3) is 10.9 Å². The van der Waals surface area contributed by atoms with Gasteiger partial charge in [0.25, 0.3) is 0 Å². The summed E-state index contributed by atoms with van der Waals surface area (Å²) in [5.41, 5.74) is 4.94. The third kappa shape index (κ3) is 2.92. The summed E-state index contributed by atoms with van der Waals surface area (Å²) in [6, 6.07) is 12.0. The van der Waals surface area contributed by atoms with Crippen LogP contribution in [0, 0.1) is 0 Å². The fourth-order valence-electron chi connectivity index (χ4n) is 3.29. The molecule has 0 aliphatic carbocycles. The Bertz CT molecular complexity index is 990. The largest absolute Gasteiger partial charge is 0.390 e. The molecule has 0 fully saturated rings. The third-order valence-electron chi connectivity index (χ3n) is 4.54. The second-order valence-corrected chi connectivity index (χ2v) is 6.09. The molecule has 3 aromatic heterocycles. The number of nitrogens with one attached hydrogen (secondary N) is 1. The zero-order valence-corrected chi connectivity index (χ0v) is 13.9. The van der Waals surface area contributed by atoms with Gasteiger partial charge in [0.2, 0.25) is 0 Å².